The normalized spacial score (nSPS) is 16.3. The molecule has 1 N–H and O–H groups in total. The first-order valence-corrected chi connectivity index (χ1v) is 12.0. The number of hydrogen-bond donors (Lipinski definition) is 1. The van der Waals surface area contributed by atoms with Crippen LogP contribution in [0.3, 0.4) is 0 Å². The van der Waals surface area contributed by atoms with Crippen molar-refractivity contribution in [3.8, 4) is 5.75 Å². The fourth-order valence-corrected chi connectivity index (χ4v) is 3.47. The lowest BCUT2D eigenvalue weighted by Crippen LogP contribution is -2.43. The highest BCUT2D eigenvalue weighted by molar-refractivity contribution is 6.74. The number of amides is 1. The third-order valence-corrected chi connectivity index (χ3v) is 9.47. The molecule has 0 unspecified atom stereocenters. The Bertz CT molecular complexity index is 892. The van der Waals surface area contributed by atoms with Crippen molar-refractivity contribution in [1.29, 1.82) is 0 Å². The van der Waals surface area contributed by atoms with Gasteiger partial charge in [-0.15, -0.1) is 0 Å². The molecule has 1 aliphatic rings. The van der Waals surface area contributed by atoms with Gasteiger partial charge in [0.1, 0.15) is 17.3 Å². The predicted octanol–water partition coefficient (Wildman–Crippen LogP) is 4.99. The van der Waals surface area contributed by atoms with E-state index in [0.717, 1.165) is 16.9 Å². The summed E-state index contributed by atoms with van der Waals surface area (Å²) in [4.78, 5) is 16.7. The Morgan fingerprint density at radius 1 is 1.00 bits per heavy atom. The van der Waals surface area contributed by atoms with Crippen LogP contribution in [0.2, 0.25) is 18.1 Å². The molecule has 3 rings (SSSR count). The SMILES string of the molecule is CC(C)(C)[Si](C)(C)Oc1ccc(/C=C2/N=C(c3ccccc3)NC2=O)cc1. The topological polar surface area (TPSA) is 50.7 Å². The van der Waals surface area contributed by atoms with Crippen molar-refractivity contribution in [2.24, 2.45) is 4.99 Å². The third kappa shape index (κ3) is 4.36. The summed E-state index contributed by atoms with van der Waals surface area (Å²) in [6.45, 7) is 11.1. The number of benzene rings is 2. The van der Waals surface area contributed by atoms with E-state index in [2.05, 4.69) is 44.2 Å². The van der Waals surface area contributed by atoms with Crippen molar-refractivity contribution in [2.45, 2.75) is 38.9 Å². The van der Waals surface area contributed by atoms with E-state index in [9.17, 15) is 4.79 Å². The summed E-state index contributed by atoms with van der Waals surface area (Å²) in [7, 11) is -1.86. The zero-order valence-corrected chi connectivity index (χ0v) is 17.5. The predicted molar refractivity (Wildman–Crippen MR) is 113 cm³/mol. The van der Waals surface area contributed by atoms with Gasteiger partial charge in [0.15, 0.2) is 0 Å². The van der Waals surface area contributed by atoms with Crippen LogP contribution in [0.15, 0.2) is 65.3 Å². The summed E-state index contributed by atoms with van der Waals surface area (Å²) in [6, 6.07) is 17.5. The fraction of sp³-hybridized carbons (Fsp3) is 0.273. The van der Waals surface area contributed by atoms with E-state index in [4.69, 9.17) is 4.43 Å². The van der Waals surface area contributed by atoms with Crippen LogP contribution in [0.5, 0.6) is 5.75 Å². The number of nitrogens with one attached hydrogen (secondary N) is 1. The van der Waals surface area contributed by atoms with Crippen molar-refractivity contribution in [1.82, 2.24) is 5.32 Å². The van der Waals surface area contributed by atoms with Gasteiger partial charge in [-0.2, -0.15) is 0 Å². The monoisotopic (exact) mass is 378 g/mol. The fourth-order valence-electron chi connectivity index (χ4n) is 2.44. The van der Waals surface area contributed by atoms with Crippen LogP contribution < -0.4 is 9.74 Å². The minimum Gasteiger partial charge on any atom is -0.544 e. The van der Waals surface area contributed by atoms with E-state index >= 15 is 0 Å². The van der Waals surface area contributed by atoms with Gasteiger partial charge in [0.05, 0.1) is 0 Å². The molecule has 4 nitrogen and oxygen atoms in total. The molecular weight excluding hydrogens is 352 g/mol. The average Bonchev–Trinajstić information content (AvgIpc) is 2.97. The zero-order valence-electron chi connectivity index (χ0n) is 16.5. The molecule has 1 heterocycles. The van der Waals surface area contributed by atoms with Crippen LogP contribution in [-0.4, -0.2) is 20.1 Å². The first-order valence-electron chi connectivity index (χ1n) is 9.12. The van der Waals surface area contributed by atoms with Gasteiger partial charge in [0, 0.05) is 5.56 Å². The van der Waals surface area contributed by atoms with Crippen molar-refractivity contribution < 1.29 is 9.22 Å². The molecule has 140 valence electrons. The van der Waals surface area contributed by atoms with Gasteiger partial charge in [-0.3, -0.25) is 4.79 Å². The molecule has 0 aromatic heterocycles. The summed E-state index contributed by atoms with van der Waals surface area (Å²) in [5.74, 6) is 1.27. The highest BCUT2D eigenvalue weighted by Crippen LogP contribution is 2.37. The van der Waals surface area contributed by atoms with Crippen LogP contribution in [0.25, 0.3) is 6.08 Å². The van der Waals surface area contributed by atoms with Gasteiger partial charge in [-0.25, -0.2) is 4.99 Å². The maximum Gasteiger partial charge on any atom is 0.275 e. The maximum atomic E-state index is 12.2. The minimum atomic E-state index is -1.86. The number of carbonyl (C=O) groups excluding carboxylic acids is 1. The molecule has 0 bridgehead atoms. The molecule has 0 spiro atoms. The number of nitrogens with zero attached hydrogens (tertiary/aromatic N) is 1. The molecule has 0 atom stereocenters. The smallest absolute Gasteiger partial charge is 0.275 e. The molecule has 0 radical (unpaired) electrons. The van der Waals surface area contributed by atoms with Crippen molar-refractivity contribution in [3.05, 3.63) is 71.4 Å². The van der Waals surface area contributed by atoms with Gasteiger partial charge < -0.3 is 9.74 Å². The molecule has 5 heteroatoms. The molecule has 0 aliphatic carbocycles. The first-order chi connectivity index (χ1) is 12.7. The highest BCUT2D eigenvalue weighted by atomic mass is 28.4. The molecule has 0 saturated carbocycles. The molecule has 2 aromatic carbocycles. The minimum absolute atomic E-state index is 0.151. The Morgan fingerprint density at radius 3 is 2.22 bits per heavy atom. The van der Waals surface area contributed by atoms with Gasteiger partial charge in [-0.1, -0.05) is 63.2 Å². The Hall–Kier alpha value is -2.66. The number of carbonyl (C=O) groups is 1. The number of amidine groups is 1. The number of rotatable bonds is 4. The molecule has 1 amide bonds. The van der Waals surface area contributed by atoms with Crippen molar-refractivity contribution in [2.75, 3.05) is 0 Å². The Morgan fingerprint density at radius 2 is 1.63 bits per heavy atom. The van der Waals surface area contributed by atoms with E-state index in [1.54, 1.807) is 6.08 Å². The summed E-state index contributed by atoms with van der Waals surface area (Å²) < 4.78 is 6.30. The third-order valence-electron chi connectivity index (χ3n) is 5.11. The molecule has 1 aliphatic heterocycles. The van der Waals surface area contributed by atoms with Crippen LogP contribution in [0.4, 0.5) is 0 Å². The maximum absolute atomic E-state index is 12.2. The lowest BCUT2D eigenvalue weighted by molar-refractivity contribution is -0.115. The largest absolute Gasteiger partial charge is 0.544 e. The second kappa shape index (κ2) is 7.16. The lowest BCUT2D eigenvalue weighted by Gasteiger charge is -2.36. The Balaban J connectivity index is 1.78. The average molecular weight is 379 g/mol. The number of hydrogen-bond acceptors (Lipinski definition) is 3. The van der Waals surface area contributed by atoms with E-state index in [0.29, 0.717) is 11.5 Å². The summed E-state index contributed by atoms with van der Waals surface area (Å²) >= 11 is 0. The molecule has 0 saturated heterocycles. The van der Waals surface area contributed by atoms with E-state index in [-0.39, 0.29) is 10.9 Å². The highest BCUT2D eigenvalue weighted by Gasteiger charge is 2.38. The standard InChI is InChI=1S/C22H26N2O2Si/c1-22(2,3)27(4,5)26-18-13-11-16(12-14-18)15-19-21(25)24-20(23-19)17-9-7-6-8-10-17/h6-15H,1-5H3,(H,23,24,25)/b19-15+. The van der Waals surface area contributed by atoms with Gasteiger partial charge >= 0.3 is 0 Å². The summed E-state index contributed by atoms with van der Waals surface area (Å²) in [5.41, 5.74) is 2.22. The molecule has 0 fully saturated rings. The van der Waals surface area contributed by atoms with Crippen LogP contribution in [0.1, 0.15) is 31.9 Å². The van der Waals surface area contributed by atoms with Gasteiger partial charge in [0.25, 0.3) is 5.91 Å². The van der Waals surface area contributed by atoms with E-state index in [1.165, 1.54) is 0 Å². The summed E-state index contributed by atoms with van der Waals surface area (Å²) in [6.07, 6.45) is 1.79. The van der Waals surface area contributed by atoms with E-state index in [1.807, 2.05) is 54.6 Å². The van der Waals surface area contributed by atoms with Crippen LogP contribution in [-0.2, 0) is 4.79 Å². The second-order valence-corrected chi connectivity index (χ2v) is 13.0. The first kappa shape index (κ1) is 19.1. The van der Waals surface area contributed by atoms with Crippen molar-refractivity contribution >= 4 is 26.1 Å². The van der Waals surface area contributed by atoms with Gasteiger partial charge in [-0.05, 0) is 41.9 Å². The van der Waals surface area contributed by atoms with Gasteiger partial charge in [0.2, 0.25) is 8.32 Å². The van der Waals surface area contributed by atoms with Crippen LogP contribution in [0, 0.1) is 0 Å². The summed E-state index contributed by atoms with van der Waals surface area (Å²) in [5, 5.41) is 2.97. The van der Waals surface area contributed by atoms with Crippen LogP contribution >= 0.6 is 0 Å². The zero-order chi connectivity index (χ0) is 19.7. The second-order valence-electron chi connectivity index (χ2n) is 8.24. The van der Waals surface area contributed by atoms with E-state index < -0.39 is 8.32 Å². The molecule has 2 aromatic rings. The molecule has 27 heavy (non-hydrogen) atoms. The molecular formula is C22H26N2O2Si. The van der Waals surface area contributed by atoms with Crippen molar-refractivity contribution in [3.63, 3.8) is 0 Å². The Kier molecular flexibility index (Phi) is 5.06. The Labute approximate surface area is 162 Å². The quantitative estimate of drug-likeness (QED) is 0.602. The lowest BCUT2D eigenvalue weighted by atomic mass is 10.2. The number of aliphatic imine (C=N–C) groups is 1.